The number of hydrogen-bond acceptors (Lipinski definition) is 4. The van der Waals surface area contributed by atoms with Crippen LogP contribution >= 0.6 is 0 Å². The molecule has 0 aliphatic rings. The van der Waals surface area contributed by atoms with Crippen molar-refractivity contribution in [1.29, 1.82) is 0 Å². The normalized spacial score (nSPS) is 11.7. The summed E-state index contributed by atoms with van der Waals surface area (Å²) in [4.78, 5) is 17.1. The fourth-order valence-corrected chi connectivity index (χ4v) is 4.03. The number of nitrogens with one attached hydrogen (secondary N) is 1. The molecule has 152 valence electrons. The zero-order valence-electron chi connectivity index (χ0n) is 16.5. The van der Waals surface area contributed by atoms with Gasteiger partial charge in [0.2, 0.25) is 10.0 Å². The standard InChI is InChI=1S/C22H20N4O3S/c1-25(2)30(28,29)19-7-5-6-17(14-19)24-22(27)16-10-12-18(13-11-16)26-15-23-20-8-3-4-9-21(20)26/h3-15H,1-2H3,(H,24,27). The molecule has 0 saturated heterocycles. The van der Waals surface area contributed by atoms with Crippen LogP contribution in [0.4, 0.5) is 5.69 Å². The summed E-state index contributed by atoms with van der Waals surface area (Å²) in [7, 11) is -0.647. The number of sulfonamides is 1. The molecule has 30 heavy (non-hydrogen) atoms. The van der Waals surface area contributed by atoms with Gasteiger partial charge in [-0.2, -0.15) is 0 Å². The Morgan fingerprint density at radius 2 is 1.70 bits per heavy atom. The van der Waals surface area contributed by atoms with Gasteiger partial charge in [-0.3, -0.25) is 9.36 Å². The summed E-state index contributed by atoms with van der Waals surface area (Å²) < 4.78 is 27.7. The Kier molecular flexibility index (Phi) is 5.11. The van der Waals surface area contributed by atoms with Crippen LogP contribution in [0, 0.1) is 0 Å². The monoisotopic (exact) mass is 420 g/mol. The van der Waals surface area contributed by atoms with Crippen molar-refractivity contribution in [3.05, 3.63) is 84.7 Å². The maximum atomic E-state index is 12.6. The Hall–Kier alpha value is -3.49. The number of aromatic nitrogens is 2. The highest BCUT2D eigenvalue weighted by atomic mass is 32.2. The summed E-state index contributed by atoms with van der Waals surface area (Å²) in [5.74, 6) is -0.323. The van der Waals surface area contributed by atoms with E-state index < -0.39 is 10.0 Å². The number of imidazole rings is 1. The molecule has 0 aliphatic heterocycles. The fraction of sp³-hybridized carbons (Fsp3) is 0.0909. The number of carbonyl (C=O) groups excluding carboxylic acids is 1. The molecule has 8 heteroatoms. The molecule has 0 radical (unpaired) electrons. The van der Waals surface area contributed by atoms with E-state index in [4.69, 9.17) is 0 Å². The van der Waals surface area contributed by atoms with Gasteiger partial charge >= 0.3 is 0 Å². The summed E-state index contributed by atoms with van der Waals surface area (Å²) in [6.07, 6.45) is 1.75. The van der Waals surface area contributed by atoms with Crippen LogP contribution in [-0.2, 0) is 10.0 Å². The van der Waals surface area contributed by atoms with E-state index >= 15 is 0 Å². The topological polar surface area (TPSA) is 84.3 Å². The molecular formula is C22H20N4O3S. The fourth-order valence-electron chi connectivity index (χ4n) is 3.09. The van der Waals surface area contributed by atoms with Gasteiger partial charge in [0.1, 0.15) is 6.33 Å². The summed E-state index contributed by atoms with van der Waals surface area (Å²) >= 11 is 0. The average molecular weight is 420 g/mol. The van der Waals surface area contributed by atoms with Gasteiger partial charge in [0.15, 0.2) is 0 Å². The SMILES string of the molecule is CN(C)S(=O)(=O)c1cccc(NC(=O)c2ccc(-n3cnc4ccccc43)cc2)c1. The van der Waals surface area contributed by atoms with Crippen LogP contribution in [-0.4, -0.2) is 42.3 Å². The summed E-state index contributed by atoms with van der Waals surface area (Å²) in [5.41, 5.74) is 3.64. The number of anilines is 1. The van der Waals surface area contributed by atoms with E-state index in [0.717, 1.165) is 21.0 Å². The zero-order valence-corrected chi connectivity index (χ0v) is 17.3. The first-order chi connectivity index (χ1) is 14.4. The van der Waals surface area contributed by atoms with Crippen LogP contribution in [0.2, 0.25) is 0 Å². The lowest BCUT2D eigenvalue weighted by Crippen LogP contribution is -2.22. The predicted octanol–water partition coefficient (Wildman–Crippen LogP) is 3.53. The van der Waals surface area contributed by atoms with Crippen LogP contribution in [0.3, 0.4) is 0 Å². The van der Waals surface area contributed by atoms with Gasteiger partial charge in [-0.25, -0.2) is 17.7 Å². The van der Waals surface area contributed by atoms with Crippen molar-refractivity contribution in [2.24, 2.45) is 0 Å². The minimum atomic E-state index is -3.58. The highest BCUT2D eigenvalue weighted by molar-refractivity contribution is 7.89. The maximum absolute atomic E-state index is 12.6. The number of nitrogens with zero attached hydrogens (tertiary/aromatic N) is 3. The zero-order chi connectivity index (χ0) is 21.3. The second-order valence-corrected chi connectivity index (χ2v) is 9.07. The number of benzene rings is 3. The largest absolute Gasteiger partial charge is 0.322 e. The average Bonchev–Trinajstić information content (AvgIpc) is 3.18. The number of amides is 1. The van der Waals surface area contributed by atoms with Crippen LogP contribution in [0.15, 0.2) is 84.0 Å². The molecule has 1 N–H and O–H groups in total. The third kappa shape index (κ3) is 3.70. The molecule has 4 aromatic rings. The first kappa shape index (κ1) is 19.8. The molecule has 0 fully saturated rings. The summed E-state index contributed by atoms with van der Waals surface area (Å²) in [5, 5.41) is 2.75. The molecule has 1 heterocycles. The van der Waals surface area contributed by atoms with E-state index in [1.165, 1.54) is 26.2 Å². The van der Waals surface area contributed by atoms with E-state index in [1.54, 1.807) is 30.6 Å². The minimum absolute atomic E-state index is 0.118. The number of fused-ring (bicyclic) bond motifs is 1. The van der Waals surface area contributed by atoms with Crippen molar-refractivity contribution >= 4 is 32.7 Å². The van der Waals surface area contributed by atoms with Crippen molar-refractivity contribution in [3.63, 3.8) is 0 Å². The van der Waals surface area contributed by atoms with Gasteiger partial charge < -0.3 is 5.32 Å². The van der Waals surface area contributed by atoms with Crippen LogP contribution in [0.1, 0.15) is 10.4 Å². The third-order valence-electron chi connectivity index (χ3n) is 4.73. The van der Waals surface area contributed by atoms with Crippen molar-refractivity contribution in [2.75, 3.05) is 19.4 Å². The number of carbonyl (C=O) groups is 1. The smallest absolute Gasteiger partial charge is 0.255 e. The minimum Gasteiger partial charge on any atom is -0.322 e. The lowest BCUT2D eigenvalue weighted by Gasteiger charge is -2.13. The first-order valence-electron chi connectivity index (χ1n) is 9.23. The van der Waals surface area contributed by atoms with Gasteiger partial charge in [-0.1, -0.05) is 18.2 Å². The summed E-state index contributed by atoms with van der Waals surface area (Å²) in [6, 6.07) is 21.1. The van der Waals surface area contributed by atoms with Gasteiger partial charge in [0.25, 0.3) is 5.91 Å². The molecule has 7 nitrogen and oxygen atoms in total. The lowest BCUT2D eigenvalue weighted by atomic mass is 10.2. The van der Waals surface area contributed by atoms with Crippen molar-refractivity contribution in [2.45, 2.75) is 4.90 Å². The van der Waals surface area contributed by atoms with Crippen LogP contribution < -0.4 is 5.32 Å². The molecule has 0 bridgehead atoms. The highest BCUT2D eigenvalue weighted by Gasteiger charge is 2.18. The molecule has 1 amide bonds. The van der Waals surface area contributed by atoms with E-state index in [0.29, 0.717) is 11.3 Å². The van der Waals surface area contributed by atoms with E-state index in [2.05, 4.69) is 10.3 Å². The molecule has 0 unspecified atom stereocenters. The van der Waals surface area contributed by atoms with Crippen LogP contribution in [0.5, 0.6) is 0 Å². The molecule has 0 aliphatic carbocycles. The molecule has 0 saturated carbocycles. The second kappa shape index (κ2) is 7.74. The number of hydrogen-bond donors (Lipinski definition) is 1. The van der Waals surface area contributed by atoms with Gasteiger partial charge in [0.05, 0.1) is 15.9 Å². The Morgan fingerprint density at radius 1 is 0.967 bits per heavy atom. The Balaban J connectivity index is 1.55. The number of rotatable bonds is 5. The summed E-state index contributed by atoms with van der Waals surface area (Å²) in [6.45, 7) is 0. The lowest BCUT2D eigenvalue weighted by molar-refractivity contribution is 0.102. The number of para-hydroxylation sites is 2. The molecule has 3 aromatic carbocycles. The quantitative estimate of drug-likeness (QED) is 0.535. The van der Waals surface area contributed by atoms with Gasteiger partial charge in [-0.05, 0) is 54.6 Å². The molecular weight excluding hydrogens is 400 g/mol. The molecule has 4 rings (SSSR count). The Labute approximate surface area is 174 Å². The van der Waals surface area contributed by atoms with Crippen LogP contribution in [0.25, 0.3) is 16.7 Å². The van der Waals surface area contributed by atoms with Crippen molar-refractivity contribution < 1.29 is 13.2 Å². The molecule has 0 atom stereocenters. The Bertz CT molecular complexity index is 1330. The second-order valence-electron chi connectivity index (χ2n) is 6.92. The van der Waals surface area contributed by atoms with Gasteiger partial charge in [0, 0.05) is 31.0 Å². The Morgan fingerprint density at radius 3 is 2.43 bits per heavy atom. The third-order valence-corrected chi connectivity index (χ3v) is 6.54. The van der Waals surface area contributed by atoms with E-state index in [-0.39, 0.29) is 10.8 Å². The predicted molar refractivity (Wildman–Crippen MR) is 116 cm³/mol. The first-order valence-corrected chi connectivity index (χ1v) is 10.7. The molecule has 0 spiro atoms. The van der Waals surface area contributed by atoms with E-state index in [9.17, 15) is 13.2 Å². The maximum Gasteiger partial charge on any atom is 0.255 e. The molecule has 1 aromatic heterocycles. The highest BCUT2D eigenvalue weighted by Crippen LogP contribution is 2.20. The van der Waals surface area contributed by atoms with Gasteiger partial charge in [-0.15, -0.1) is 0 Å². The van der Waals surface area contributed by atoms with E-state index in [1.807, 2.05) is 41.0 Å². The van der Waals surface area contributed by atoms with Crippen molar-refractivity contribution in [1.82, 2.24) is 13.9 Å². The van der Waals surface area contributed by atoms with Crippen molar-refractivity contribution in [3.8, 4) is 5.69 Å².